The maximum Gasteiger partial charge on any atom is 0.119 e. The highest BCUT2D eigenvalue weighted by Crippen LogP contribution is 2.32. The van der Waals surface area contributed by atoms with Crippen LogP contribution in [0.25, 0.3) is 0 Å². The smallest absolute Gasteiger partial charge is 0.119 e. The van der Waals surface area contributed by atoms with Crippen LogP contribution in [0, 0.1) is 0 Å². The predicted molar refractivity (Wildman–Crippen MR) is 88.8 cm³/mol. The highest BCUT2D eigenvalue weighted by molar-refractivity contribution is 9.09. The first-order valence-corrected chi connectivity index (χ1v) is 8.03. The highest BCUT2D eigenvalue weighted by Gasteiger charge is 2.10. The Bertz CT molecular complexity index is 533. The molecule has 0 heterocycles. The van der Waals surface area contributed by atoms with Crippen molar-refractivity contribution in [1.82, 2.24) is 0 Å². The normalized spacial score (nSPS) is 12.2. The van der Waals surface area contributed by atoms with Gasteiger partial charge in [0.15, 0.2) is 0 Å². The SMILES string of the molecule is CCCCc1ccc(C(Br)c2cccc(OC)c2)cc1. The lowest BCUT2D eigenvalue weighted by Crippen LogP contribution is -1.94. The molecule has 1 atom stereocenters. The molecule has 20 heavy (non-hydrogen) atoms. The molecule has 0 saturated carbocycles. The Morgan fingerprint density at radius 3 is 2.45 bits per heavy atom. The number of methoxy groups -OCH3 is 1. The van der Waals surface area contributed by atoms with Gasteiger partial charge in [-0.15, -0.1) is 0 Å². The van der Waals surface area contributed by atoms with Gasteiger partial charge in [0, 0.05) is 0 Å². The number of unbranched alkanes of at least 4 members (excludes halogenated alkanes) is 1. The molecule has 0 aliphatic carbocycles. The molecule has 0 aliphatic heterocycles. The summed E-state index contributed by atoms with van der Waals surface area (Å²) in [6.07, 6.45) is 3.67. The summed E-state index contributed by atoms with van der Waals surface area (Å²) in [5, 5.41) is 0. The van der Waals surface area contributed by atoms with Gasteiger partial charge in [0.05, 0.1) is 11.9 Å². The Morgan fingerprint density at radius 2 is 1.80 bits per heavy atom. The van der Waals surface area contributed by atoms with E-state index in [1.54, 1.807) is 7.11 Å². The molecule has 0 fully saturated rings. The lowest BCUT2D eigenvalue weighted by atomic mass is 10.0. The van der Waals surface area contributed by atoms with Crippen LogP contribution in [0.1, 0.15) is 41.3 Å². The maximum absolute atomic E-state index is 5.28. The third-order valence-corrected chi connectivity index (χ3v) is 4.54. The van der Waals surface area contributed by atoms with Crippen LogP contribution in [0.15, 0.2) is 48.5 Å². The van der Waals surface area contributed by atoms with E-state index in [2.05, 4.69) is 59.3 Å². The summed E-state index contributed by atoms with van der Waals surface area (Å²) in [6.45, 7) is 2.23. The molecule has 106 valence electrons. The van der Waals surface area contributed by atoms with Gasteiger partial charge < -0.3 is 4.74 Å². The van der Waals surface area contributed by atoms with Crippen molar-refractivity contribution in [2.45, 2.75) is 31.0 Å². The molecule has 0 aromatic heterocycles. The second-order valence-corrected chi connectivity index (χ2v) is 5.90. The van der Waals surface area contributed by atoms with Gasteiger partial charge in [-0.25, -0.2) is 0 Å². The van der Waals surface area contributed by atoms with Crippen LogP contribution < -0.4 is 4.74 Å². The molecule has 1 unspecified atom stereocenters. The highest BCUT2D eigenvalue weighted by atomic mass is 79.9. The monoisotopic (exact) mass is 332 g/mol. The Labute approximate surface area is 130 Å². The van der Waals surface area contributed by atoms with Gasteiger partial charge >= 0.3 is 0 Å². The van der Waals surface area contributed by atoms with Crippen molar-refractivity contribution in [3.8, 4) is 5.75 Å². The minimum Gasteiger partial charge on any atom is -0.497 e. The minimum atomic E-state index is 0.206. The van der Waals surface area contributed by atoms with Crippen LogP contribution in [-0.2, 0) is 6.42 Å². The Kier molecular flexibility index (Phi) is 5.66. The van der Waals surface area contributed by atoms with Gasteiger partial charge in [-0.3, -0.25) is 0 Å². The molecule has 0 amide bonds. The second-order valence-electron chi connectivity index (χ2n) is 4.98. The van der Waals surface area contributed by atoms with Crippen molar-refractivity contribution in [1.29, 1.82) is 0 Å². The van der Waals surface area contributed by atoms with E-state index < -0.39 is 0 Å². The molecule has 0 radical (unpaired) electrons. The average Bonchev–Trinajstić information content (AvgIpc) is 2.52. The third kappa shape index (κ3) is 3.86. The van der Waals surface area contributed by atoms with Crippen molar-refractivity contribution < 1.29 is 4.74 Å². The van der Waals surface area contributed by atoms with E-state index in [1.807, 2.05) is 12.1 Å². The van der Waals surface area contributed by atoms with Crippen LogP contribution in [0.3, 0.4) is 0 Å². The Balaban J connectivity index is 2.13. The molecule has 0 bridgehead atoms. The molecule has 0 N–H and O–H groups in total. The minimum absolute atomic E-state index is 0.206. The van der Waals surface area contributed by atoms with E-state index in [9.17, 15) is 0 Å². The summed E-state index contributed by atoms with van der Waals surface area (Å²) in [5.41, 5.74) is 3.91. The number of hydrogen-bond acceptors (Lipinski definition) is 1. The Morgan fingerprint density at radius 1 is 1.05 bits per heavy atom. The van der Waals surface area contributed by atoms with Crippen LogP contribution in [-0.4, -0.2) is 7.11 Å². The molecule has 2 heteroatoms. The third-order valence-electron chi connectivity index (χ3n) is 3.48. The van der Waals surface area contributed by atoms with Crippen molar-refractivity contribution in [3.63, 3.8) is 0 Å². The van der Waals surface area contributed by atoms with E-state index in [0.29, 0.717) is 0 Å². The van der Waals surface area contributed by atoms with Crippen molar-refractivity contribution in [3.05, 3.63) is 65.2 Å². The van der Waals surface area contributed by atoms with E-state index in [-0.39, 0.29) is 4.83 Å². The molecule has 0 saturated heterocycles. The number of rotatable bonds is 6. The molecular weight excluding hydrogens is 312 g/mol. The van der Waals surface area contributed by atoms with E-state index in [4.69, 9.17) is 4.74 Å². The second kappa shape index (κ2) is 7.49. The van der Waals surface area contributed by atoms with Gasteiger partial charge in [0.25, 0.3) is 0 Å². The topological polar surface area (TPSA) is 9.23 Å². The first kappa shape index (κ1) is 15.1. The average molecular weight is 333 g/mol. The molecule has 1 nitrogen and oxygen atoms in total. The number of hydrogen-bond donors (Lipinski definition) is 0. The zero-order chi connectivity index (χ0) is 14.4. The number of aryl methyl sites for hydroxylation is 1. The molecule has 0 aliphatic rings. The van der Waals surface area contributed by atoms with Crippen LogP contribution >= 0.6 is 15.9 Å². The molecular formula is C18H21BrO. The summed E-state index contributed by atoms with van der Waals surface area (Å²) in [4.78, 5) is 0.206. The summed E-state index contributed by atoms with van der Waals surface area (Å²) >= 11 is 3.78. The molecule has 2 aromatic carbocycles. The van der Waals surface area contributed by atoms with Crippen LogP contribution in [0.4, 0.5) is 0 Å². The number of ether oxygens (including phenoxy) is 1. The quantitative estimate of drug-likeness (QED) is 0.632. The van der Waals surface area contributed by atoms with Crippen molar-refractivity contribution in [2.75, 3.05) is 7.11 Å². The van der Waals surface area contributed by atoms with Gasteiger partial charge in [-0.05, 0) is 41.7 Å². The van der Waals surface area contributed by atoms with Crippen LogP contribution in [0.2, 0.25) is 0 Å². The van der Waals surface area contributed by atoms with Crippen molar-refractivity contribution in [2.24, 2.45) is 0 Å². The molecule has 0 spiro atoms. The maximum atomic E-state index is 5.28. The summed E-state index contributed by atoms with van der Waals surface area (Å²) < 4.78 is 5.28. The summed E-state index contributed by atoms with van der Waals surface area (Å²) in [7, 11) is 1.70. The number of alkyl halides is 1. The summed E-state index contributed by atoms with van der Waals surface area (Å²) in [6, 6.07) is 17.1. The number of benzene rings is 2. The lowest BCUT2D eigenvalue weighted by molar-refractivity contribution is 0.414. The predicted octanol–water partition coefficient (Wildman–Crippen LogP) is 5.52. The zero-order valence-corrected chi connectivity index (χ0v) is 13.7. The molecule has 2 rings (SSSR count). The number of halogens is 1. The van der Waals surface area contributed by atoms with Gasteiger partial charge in [0.1, 0.15) is 5.75 Å². The summed E-state index contributed by atoms with van der Waals surface area (Å²) in [5.74, 6) is 0.895. The standard InChI is InChI=1S/C18H21BrO/c1-3-4-6-14-9-11-15(12-10-14)18(19)16-7-5-8-17(13-16)20-2/h5,7-13,18H,3-4,6H2,1-2H3. The van der Waals surface area contributed by atoms with Gasteiger partial charge in [-0.2, -0.15) is 0 Å². The van der Waals surface area contributed by atoms with E-state index in [1.165, 1.54) is 36.0 Å². The van der Waals surface area contributed by atoms with Crippen molar-refractivity contribution >= 4 is 15.9 Å². The van der Waals surface area contributed by atoms with Gasteiger partial charge in [-0.1, -0.05) is 65.7 Å². The fourth-order valence-electron chi connectivity index (χ4n) is 2.23. The zero-order valence-electron chi connectivity index (χ0n) is 12.1. The van der Waals surface area contributed by atoms with E-state index in [0.717, 1.165) is 5.75 Å². The Hall–Kier alpha value is -1.28. The van der Waals surface area contributed by atoms with Crippen LogP contribution in [0.5, 0.6) is 5.75 Å². The van der Waals surface area contributed by atoms with Gasteiger partial charge in [0.2, 0.25) is 0 Å². The first-order valence-electron chi connectivity index (χ1n) is 7.11. The van der Waals surface area contributed by atoms with E-state index >= 15 is 0 Å². The lowest BCUT2D eigenvalue weighted by Gasteiger charge is -2.12. The fraction of sp³-hybridized carbons (Fsp3) is 0.333. The molecule has 2 aromatic rings. The first-order chi connectivity index (χ1) is 9.74. The largest absolute Gasteiger partial charge is 0.497 e. The fourth-order valence-corrected chi connectivity index (χ4v) is 2.82.